The van der Waals surface area contributed by atoms with Crippen LogP contribution >= 0.6 is 0 Å². The average molecular weight is 264 g/mol. The first-order chi connectivity index (χ1) is 9.84. The summed E-state index contributed by atoms with van der Waals surface area (Å²) in [5, 5.41) is 12.7. The molecule has 0 bridgehead atoms. The van der Waals surface area contributed by atoms with E-state index in [-0.39, 0.29) is 5.76 Å². The summed E-state index contributed by atoms with van der Waals surface area (Å²) in [5.41, 5.74) is 1.80. The van der Waals surface area contributed by atoms with Crippen LogP contribution in [0, 0.1) is 0 Å². The lowest BCUT2D eigenvalue weighted by molar-refractivity contribution is 0.446. The highest BCUT2D eigenvalue weighted by molar-refractivity contribution is 5.78. The second-order valence-corrected chi connectivity index (χ2v) is 4.05. The predicted molar refractivity (Wildman–Crippen MR) is 84.5 cm³/mol. The van der Waals surface area contributed by atoms with E-state index in [0.717, 1.165) is 11.4 Å². The minimum atomic E-state index is 0.0972. The van der Waals surface area contributed by atoms with Crippen molar-refractivity contribution < 1.29 is 5.11 Å². The minimum absolute atomic E-state index is 0.0972. The summed E-state index contributed by atoms with van der Waals surface area (Å²) in [5.74, 6) is 0.0972. The van der Waals surface area contributed by atoms with E-state index in [1.165, 1.54) is 6.21 Å². The van der Waals surface area contributed by atoms with Gasteiger partial charge in [-0.3, -0.25) is 4.99 Å². The molecule has 20 heavy (non-hydrogen) atoms. The molecule has 0 heterocycles. The smallest absolute Gasteiger partial charge is 0.133 e. The molecule has 0 aliphatic heterocycles. The van der Waals surface area contributed by atoms with Crippen molar-refractivity contribution in [2.45, 2.75) is 0 Å². The molecule has 0 amide bonds. The molecule has 0 aliphatic carbocycles. The van der Waals surface area contributed by atoms with Gasteiger partial charge in [-0.15, -0.1) is 0 Å². The standard InChI is InChI=1S/C17H16N2O/c20-17(14-19-16-10-5-2-6-11-16)12-7-13-18-15-8-3-1-4-9-15/h1-14,18,20H/b13-7-,17-12-,19-14?. The van der Waals surface area contributed by atoms with E-state index >= 15 is 0 Å². The Bertz CT molecular complexity index is 601. The van der Waals surface area contributed by atoms with Crippen molar-refractivity contribution in [2.24, 2.45) is 4.99 Å². The Hall–Kier alpha value is -2.81. The lowest BCUT2D eigenvalue weighted by Gasteiger charge is -1.97. The quantitative estimate of drug-likeness (QED) is 0.476. The maximum absolute atomic E-state index is 9.64. The van der Waals surface area contributed by atoms with Gasteiger partial charge in [0, 0.05) is 11.9 Å². The molecule has 0 saturated heterocycles. The zero-order valence-electron chi connectivity index (χ0n) is 11.0. The van der Waals surface area contributed by atoms with Crippen molar-refractivity contribution in [3.05, 3.63) is 84.8 Å². The SMILES string of the molecule is O/C(C=Nc1ccccc1)=C\C=C/Nc1ccccc1. The third-order valence-electron chi connectivity index (χ3n) is 2.49. The molecular formula is C17H16N2O. The Morgan fingerprint density at radius 2 is 1.60 bits per heavy atom. The minimum Gasteiger partial charge on any atom is -0.506 e. The molecule has 2 N–H and O–H groups in total. The summed E-state index contributed by atoms with van der Waals surface area (Å²) in [6, 6.07) is 19.3. The molecule has 2 aromatic rings. The topological polar surface area (TPSA) is 44.6 Å². The number of hydrogen-bond acceptors (Lipinski definition) is 3. The molecule has 3 heteroatoms. The van der Waals surface area contributed by atoms with Gasteiger partial charge in [0.05, 0.1) is 11.9 Å². The van der Waals surface area contributed by atoms with Crippen LogP contribution in [0.3, 0.4) is 0 Å². The fourth-order valence-electron chi connectivity index (χ4n) is 1.52. The lowest BCUT2D eigenvalue weighted by Crippen LogP contribution is -1.85. The molecule has 100 valence electrons. The monoisotopic (exact) mass is 264 g/mol. The van der Waals surface area contributed by atoms with Crippen LogP contribution in [-0.2, 0) is 0 Å². The highest BCUT2D eigenvalue weighted by atomic mass is 16.3. The van der Waals surface area contributed by atoms with Crippen LogP contribution in [0.5, 0.6) is 0 Å². The van der Waals surface area contributed by atoms with Gasteiger partial charge in [-0.2, -0.15) is 0 Å². The van der Waals surface area contributed by atoms with Crippen LogP contribution in [0.1, 0.15) is 0 Å². The number of aliphatic imine (C=N–C) groups is 1. The van der Waals surface area contributed by atoms with Crippen LogP contribution in [0.2, 0.25) is 0 Å². The van der Waals surface area contributed by atoms with Crippen LogP contribution in [-0.4, -0.2) is 11.3 Å². The number of rotatable bonds is 5. The van der Waals surface area contributed by atoms with E-state index in [1.54, 1.807) is 18.4 Å². The lowest BCUT2D eigenvalue weighted by atomic mass is 10.3. The van der Waals surface area contributed by atoms with Crippen molar-refractivity contribution in [3.8, 4) is 0 Å². The van der Waals surface area contributed by atoms with Crippen LogP contribution < -0.4 is 5.32 Å². The van der Waals surface area contributed by atoms with E-state index in [1.807, 2.05) is 60.7 Å². The summed E-state index contributed by atoms with van der Waals surface area (Å²) in [7, 11) is 0. The fourth-order valence-corrected chi connectivity index (χ4v) is 1.52. The number of benzene rings is 2. The number of aliphatic hydroxyl groups excluding tert-OH is 1. The molecule has 2 aromatic carbocycles. The molecule has 3 nitrogen and oxygen atoms in total. The van der Waals surface area contributed by atoms with Crippen LogP contribution in [0.4, 0.5) is 11.4 Å². The number of nitrogens with one attached hydrogen (secondary N) is 1. The zero-order valence-corrected chi connectivity index (χ0v) is 11.0. The number of nitrogens with zero attached hydrogens (tertiary/aromatic N) is 1. The third kappa shape index (κ3) is 4.82. The van der Waals surface area contributed by atoms with Crippen molar-refractivity contribution in [1.29, 1.82) is 0 Å². The van der Waals surface area contributed by atoms with Crippen LogP contribution in [0.25, 0.3) is 0 Å². The molecule has 0 radical (unpaired) electrons. The van der Waals surface area contributed by atoms with Gasteiger partial charge in [-0.1, -0.05) is 36.4 Å². The van der Waals surface area contributed by atoms with Crippen molar-refractivity contribution in [3.63, 3.8) is 0 Å². The maximum atomic E-state index is 9.64. The molecule has 0 unspecified atom stereocenters. The Morgan fingerprint density at radius 3 is 2.30 bits per heavy atom. The largest absolute Gasteiger partial charge is 0.506 e. The Morgan fingerprint density at radius 1 is 0.950 bits per heavy atom. The second-order valence-electron chi connectivity index (χ2n) is 4.05. The first-order valence-corrected chi connectivity index (χ1v) is 6.31. The van der Waals surface area contributed by atoms with Gasteiger partial charge >= 0.3 is 0 Å². The highest BCUT2D eigenvalue weighted by Crippen LogP contribution is 2.09. The predicted octanol–water partition coefficient (Wildman–Crippen LogP) is 4.46. The summed E-state index contributed by atoms with van der Waals surface area (Å²) in [6.45, 7) is 0. The van der Waals surface area contributed by atoms with Gasteiger partial charge in [0.15, 0.2) is 0 Å². The average Bonchev–Trinajstić information content (AvgIpc) is 2.52. The number of allylic oxidation sites excluding steroid dienone is 3. The van der Waals surface area contributed by atoms with Crippen molar-refractivity contribution >= 4 is 17.6 Å². The molecular weight excluding hydrogens is 248 g/mol. The van der Waals surface area contributed by atoms with E-state index in [0.29, 0.717) is 0 Å². The first kappa shape index (κ1) is 13.6. The zero-order chi connectivity index (χ0) is 14.0. The Balaban J connectivity index is 1.86. The third-order valence-corrected chi connectivity index (χ3v) is 2.49. The van der Waals surface area contributed by atoms with E-state index in [2.05, 4.69) is 10.3 Å². The number of para-hydroxylation sites is 2. The fraction of sp³-hybridized carbons (Fsp3) is 0. The van der Waals surface area contributed by atoms with Gasteiger partial charge in [0.2, 0.25) is 0 Å². The van der Waals surface area contributed by atoms with E-state index < -0.39 is 0 Å². The molecule has 0 atom stereocenters. The number of aliphatic hydroxyl groups is 1. The molecule has 0 aromatic heterocycles. The van der Waals surface area contributed by atoms with Gasteiger partial charge < -0.3 is 10.4 Å². The van der Waals surface area contributed by atoms with Gasteiger partial charge in [0.25, 0.3) is 0 Å². The second kappa shape index (κ2) is 7.59. The molecule has 2 rings (SSSR count). The maximum Gasteiger partial charge on any atom is 0.133 e. The normalized spacial score (nSPS) is 12.1. The summed E-state index contributed by atoms with van der Waals surface area (Å²) in [4.78, 5) is 4.15. The number of anilines is 1. The summed E-state index contributed by atoms with van der Waals surface area (Å²) < 4.78 is 0. The Labute approximate surface area is 118 Å². The van der Waals surface area contributed by atoms with E-state index in [9.17, 15) is 5.11 Å². The van der Waals surface area contributed by atoms with Crippen molar-refractivity contribution in [1.82, 2.24) is 0 Å². The summed E-state index contributed by atoms with van der Waals surface area (Å²) in [6.07, 6.45) is 6.46. The van der Waals surface area contributed by atoms with E-state index in [4.69, 9.17) is 0 Å². The summed E-state index contributed by atoms with van der Waals surface area (Å²) >= 11 is 0. The first-order valence-electron chi connectivity index (χ1n) is 6.31. The molecule has 0 spiro atoms. The van der Waals surface area contributed by atoms with Gasteiger partial charge in [-0.05, 0) is 36.4 Å². The molecule has 0 fully saturated rings. The van der Waals surface area contributed by atoms with Crippen LogP contribution in [0.15, 0.2) is 89.8 Å². The highest BCUT2D eigenvalue weighted by Gasteiger charge is 1.87. The number of hydrogen-bond donors (Lipinski definition) is 2. The van der Waals surface area contributed by atoms with Gasteiger partial charge in [0.1, 0.15) is 5.76 Å². The Kier molecular flexibility index (Phi) is 5.17. The van der Waals surface area contributed by atoms with Crippen molar-refractivity contribution in [2.75, 3.05) is 5.32 Å². The van der Waals surface area contributed by atoms with Gasteiger partial charge in [-0.25, -0.2) is 0 Å². The molecule has 0 aliphatic rings. The molecule has 0 saturated carbocycles.